The monoisotopic (exact) mass is 308 g/mol. The third-order valence-corrected chi connectivity index (χ3v) is 3.75. The Labute approximate surface area is 133 Å². The van der Waals surface area contributed by atoms with Crippen LogP contribution in [-0.4, -0.2) is 16.2 Å². The summed E-state index contributed by atoms with van der Waals surface area (Å²) in [7, 11) is 0. The molecular formula is C19H16O4. The number of aromatic carboxylic acids is 1. The van der Waals surface area contributed by atoms with Crippen LogP contribution in [0, 0.1) is 0 Å². The van der Waals surface area contributed by atoms with Gasteiger partial charge in [-0.05, 0) is 34.5 Å². The van der Waals surface area contributed by atoms with E-state index in [4.69, 9.17) is 9.84 Å². The van der Waals surface area contributed by atoms with Crippen LogP contribution in [0.3, 0.4) is 0 Å². The van der Waals surface area contributed by atoms with Crippen molar-refractivity contribution in [2.45, 2.75) is 13.2 Å². The zero-order chi connectivity index (χ0) is 16.2. The van der Waals surface area contributed by atoms with E-state index in [0.717, 1.165) is 21.9 Å². The number of ether oxygens (including phenoxy) is 1. The van der Waals surface area contributed by atoms with Gasteiger partial charge in [-0.25, -0.2) is 4.79 Å². The van der Waals surface area contributed by atoms with Crippen LogP contribution >= 0.6 is 0 Å². The lowest BCUT2D eigenvalue weighted by molar-refractivity contribution is 0.0697. The van der Waals surface area contributed by atoms with Crippen LogP contribution in [0.1, 0.15) is 21.5 Å². The van der Waals surface area contributed by atoms with Gasteiger partial charge in [0, 0.05) is 5.56 Å². The van der Waals surface area contributed by atoms with Gasteiger partial charge in [-0.2, -0.15) is 0 Å². The first-order valence-electron chi connectivity index (χ1n) is 7.25. The highest BCUT2D eigenvalue weighted by atomic mass is 16.5. The van der Waals surface area contributed by atoms with Crippen LogP contribution in [0.25, 0.3) is 10.8 Å². The maximum Gasteiger partial charge on any atom is 0.335 e. The van der Waals surface area contributed by atoms with E-state index >= 15 is 0 Å². The molecule has 0 aliphatic rings. The molecule has 4 heteroatoms. The first-order valence-corrected chi connectivity index (χ1v) is 7.25. The van der Waals surface area contributed by atoms with E-state index in [-0.39, 0.29) is 12.2 Å². The molecule has 0 aromatic heterocycles. The lowest BCUT2D eigenvalue weighted by Crippen LogP contribution is -2.01. The Bertz CT molecular complexity index is 838. The van der Waals surface area contributed by atoms with Crippen molar-refractivity contribution < 1.29 is 19.7 Å². The molecule has 0 spiro atoms. The van der Waals surface area contributed by atoms with Gasteiger partial charge in [0.15, 0.2) is 0 Å². The lowest BCUT2D eigenvalue weighted by atomic mass is 10.0. The van der Waals surface area contributed by atoms with Crippen LogP contribution in [0.15, 0.2) is 60.7 Å². The molecule has 0 amide bonds. The number of carboxylic acid groups (broad SMARTS) is 1. The molecule has 0 aliphatic carbocycles. The number of aliphatic hydroxyl groups excluding tert-OH is 1. The summed E-state index contributed by atoms with van der Waals surface area (Å²) >= 11 is 0. The summed E-state index contributed by atoms with van der Waals surface area (Å²) in [4.78, 5) is 10.8. The highest BCUT2D eigenvalue weighted by Gasteiger charge is 2.08. The second-order valence-corrected chi connectivity index (χ2v) is 5.21. The summed E-state index contributed by atoms with van der Waals surface area (Å²) in [6.07, 6.45) is 0. The molecule has 2 N–H and O–H groups in total. The van der Waals surface area contributed by atoms with Crippen LogP contribution in [0.2, 0.25) is 0 Å². The van der Waals surface area contributed by atoms with Gasteiger partial charge in [-0.3, -0.25) is 0 Å². The summed E-state index contributed by atoms with van der Waals surface area (Å²) in [6.45, 7) is 0.208. The Balaban J connectivity index is 1.82. The molecule has 0 radical (unpaired) electrons. The Morgan fingerprint density at radius 3 is 2.39 bits per heavy atom. The summed E-state index contributed by atoms with van der Waals surface area (Å²) in [6, 6.07) is 18.2. The molecule has 0 bridgehead atoms. The molecule has 4 nitrogen and oxygen atoms in total. The number of carbonyl (C=O) groups is 1. The average molecular weight is 308 g/mol. The molecule has 0 heterocycles. The van der Waals surface area contributed by atoms with Crippen LogP contribution in [0.4, 0.5) is 0 Å². The van der Waals surface area contributed by atoms with E-state index in [1.807, 2.05) is 36.4 Å². The minimum absolute atomic E-state index is 0.103. The fraction of sp³-hybridized carbons (Fsp3) is 0.105. The molecule has 3 rings (SSSR count). The largest absolute Gasteiger partial charge is 0.489 e. The van der Waals surface area contributed by atoms with Crippen LogP contribution < -0.4 is 4.74 Å². The van der Waals surface area contributed by atoms with Crippen molar-refractivity contribution in [2.24, 2.45) is 0 Å². The van der Waals surface area contributed by atoms with Crippen molar-refractivity contribution in [2.75, 3.05) is 0 Å². The van der Waals surface area contributed by atoms with Gasteiger partial charge in [0.2, 0.25) is 0 Å². The quantitative estimate of drug-likeness (QED) is 0.755. The van der Waals surface area contributed by atoms with Crippen molar-refractivity contribution >= 4 is 16.7 Å². The molecule has 3 aromatic carbocycles. The van der Waals surface area contributed by atoms with Crippen molar-refractivity contribution in [3.8, 4) is 5.75 Å². The van der Waals surface area contributed by atoms with Crippen molar-refractivity contribution in [3.05, 3.63) is 77.4 Å². The van der Waals surface area contributed by atoms with E-state index < -0.39 is 5.97 Å². The predicted octanol–water partition coefficient (Wildman–Crippen LogP) is 3.61. The standard InChI is InChI=1S/C19H16O4/c20-11-17-16-4-2-1-3-14(16)9-10-18(17)23-12-13-5-7-15(8-6-13)19(21)22/h1-10,20H,11-12H2,(H,21,22). The molecule has 3 aromatic rings. The van der Waals surface area contributed by atoms with Crippen molar-refractivity contribution in [3.63, 3.8) is 0 Å². The average Bonchev–Trinajstić information content (AvgIpc) is 2.59. The minimum atomic E-state index is -0.949. The van der Waals surface area contributed by atoms with Gasteiger partial charge >= 0.3 is 5.97 Å². The summed E-state index contributed by atoms with van der Waals surface area (Å²) in [5, 5.41) is 20.6. The maximum atomic E-state index is 10.8. The summed E-state index contributed by atoms with van der Waals surface area (Å²) in [5.41, 5.74) is 1.87. The molecule has 23 heavy (non-hydrogen) atoms. The van der Waals surface area contributed by atoms with Gasteiger partial charge in [-0.1, -0.05) is 42.5 Å². The first-order chi connectivity index (χ1) is 11.2. The van der Waals surface area contributed by atoms with Crippen LogP contribution in [0.5, 0.6) is 5.75 Å². The maximum absolute atomic E-state index is 10.8. The number of hydrogen-bond acceptors (Lipinski definition) is 3. The lowest BCUT2D eigenvalue weighted by Gasteiger charge is -2.13. The predicted molar refractivity (Wildman–Crippen MR) is 87.6 cm³/mol. The smallest absolute Gasteiger partial charge is 0.335 e. The highest BCUT2D eigenvalue weighted by Crippen LogP contribution is 2.28. The van der Waals surface area contributed by atoms with Gasteiger partial charge in [0.1, 0.15) is 12.4 Å². The Morgan fingerprint density at radius 1 is 0.957 bits per heavy atom. The Kier molecular flexibility index (Phi) is 4.26. The SMILES string of the molecule is O=C(O)c1ccc(COc2ccc3ccccc3c2CO)cc1. The minimum Gasteiger partial charge on any atom is -0.489 e. The zero-order valence-electron chi connectivity index (χ0n) is 12.4. The van der Waals surface area contributed by atoms with Gasteiger partial charge in [0.25, 0.3) is 0 Å². The molecule has 0 atom stereocenters. The van der Waals surface area contributed by atoms with Gasteiger partial charge in [0.05, 0.1) is 12.2 Å². The second-order valence-electron chi connectivity index (χ2n) is 5.21. The topological polar surface area (TPSA) is 66.8 Å². The number of carboxylic acids is 1. The fourth-order valence-electron chi connectivity index (χ4n) is 2.52. The summed E-state index contributed by atoms with van der Waals surface area (Å²) in [5.74, 6) is -0.317. The van der Waals surface area contributed by atoms with Gasteiger partial charge < -0.3 is 14.9 Å². The number of fused-ring (bicyclic) bond motifs is 1. The van der Waals surface area contributed by atoms with E-state index in [9.17, 15) is 9.90 Å². The molecule has 0 saturated carbocycles. The van der Waals surface area contributed by atoms with Crippen molar-refractivity contribution in [1.82, 2.24) is 0 Å². The third-order valence-electron chi connectivity index (χ3n) is 3.75. The van der Waals surface area contributed by atoms with Gasteiger partial charge in [-0.15, -0.1) is 0 Å². The molecule has 0 saturated heterocycles. The van der Waals surface area contributed by atoms with E-state index in [1.54, 1.807) is 24.3 Å². The number of aliphatic hydroxyl groups is 1. The number of rotatable bonds is 5. The van der Waals surface area contributed by atoms with E-state index in [0.29, 0.717) is 12.4 Å². The normalized spacial score (nSPS) is 10.7. The Morgan fingerprint density at radius 2 is 1.70 bits per heavy atom. The third kappa shape index (κ3) is 3.17. The fourth-order valence-corrected chi connectivity index (χ4v) is 2.52. The van der Waals surface area contributed by atoms with E-state index in [1.165, 1.54) is 0 Å². The number of hydrogen-bond donors (Lipinski definition) is 2. The van der Waals surface area contributed by atoms with Crippen molar-refractivity contribution in [1.29, 1.82) is 0 Å². The molecule has 0 unspecified atom stereocenters. The molecule has 0 fully saturated rings. The molecular weight excluding hydrogens is 292 g/mol. The first kappa shape index (κ1) is 15.1. The highest BCUT2D eigenvalue weighted by molar-refractivity contribution is 5.88. The molecule has 0 aliphatic heterocycles. The second kappa shape index (κ2) is 6.50. The van der Waals surface area contributed by atoms with Crippen LogP contribution in [-0.2, 0) is 13.2 Å². The zero-order valence-corrected chi connectivity index (χ0v) is 12.4. The summed E-state index contributed by atoms with van der Waals surface area (Å²) < 4.78 is 5.82. The van der Waals surface area contributed by atoms with E-state index in [2.05, 4.69) is 0 Å². The number of benzene rings is 3. The Hall–Kier alpha value is -2.85. The molecule has 116 valence electrons.